The smallest absolute Gasteiger partial charge is 0.00265 e. The van der Waals surface area contributed by atoms with E-state index in [2.05, 4.69) is 29.5 Å². The van der Waals surface area contributed by atoms with Gasteiger partial charge in [0, 0.05) is 4.43 Å². The van der Waals surface area contributed by atoms with E-state index >= 15 is 0 Å². The first-order chi connectivity index (χ1) is 6.83. The third-order valence-electron chi connectivity index (χ3n) is 5.48. The van der Waals surface area contributed by atoms with Crippen molar-refractivity contribution in [1.82, 2.24) is 0 Å². The molecule has 0 radical (unpaired) electrons. The Hall–Kier alpha value is 0.730. The second kappa shape index (κ2) is 3.64. The standard InChI is InChI=1S/C13H21I/c1-2-8-3-11-9-5-10(7-14)12(6-9)13(11)4-8/h8-13H,2-7H2,1H3. The van der Waals surface area contributed by atoms with Gasteiger partial charge in [0.15, 0.2) is 0 Å². The summed E-state index contributed by atoms with van der Waals surface area (Å²) in [5, 5.41) is 0. The zero-order valence-corrected chi connectivity index (χ0v) is 11.2. The van der Waals surface area contributed by atoms with Crippen molar-refractivity contribution in [3.05, 3.63) is 0 Å². The van der Waals surface area contributed by atoms with Crippen molar-refractivity contribution in [2.45, 2.75) is 39.0 Å². The number of hydrogen-bond acceptors (Lipinski definition) is 0. The van der Waals surface area contributed by atoms with Crippen LogP contribution in [-0.2, 0) is 0 Å². The zero-order valence-electron chi connectivity index (χ0n) is 9.08. The first-order valence-corrected chi connectivity index (χ1v) is 7.92. The Morgan fingerprint density at radius 2 is 1.79 bits per heavy atom. The highest BCUT2D eigenvalue weighted by atomic mass is 127. The summed E-state index contributed by atoms with van der Waals surface area (Å²) in [7, 11) is 0. The number of rotatable bonds is 2. The third-order valence-corrected chi connectivity index (χ3v) is 6.61. The Bertz CT molecular complexity index is 223. The van der Waals surface area contributed by atoms with Crippen molar-refractivity contribution >= 4 is 22.6 Å². The summed E-state index contributed by atoms with van der Waals surface area (Å²) in [6, 6.07) is 0. The summed E-state index contributed by atoms with van der Waals surface area (Å²) in [6.45, 7) is 2.39. The molecule has 3 rings (SSSR count). The van der Waals surface area contributed by atoms with Crippen LogP contribution < -0.4 is 0 Å². The van der Waals surface area contributed by atoms with Crippen LogP contribution >= 0.6 is 22.6 Å². The van der Waals surface area contributed by atoms with E-state index in [1.54, 1.807) is 25.7 Å². The minimum Gasteiger partial charge on any atom is -0.0861 e. The number of alkyl halides is 1. The molecule has 0 heterocycles. The molecule has 0 saturated heterocycles. The molecule has 0 aromatic carbocycles. The molecule has 3 saturated carbocycles. The molecule has 6 unspecified atom stereocenters. The number of fused-ring (bicyclic) bond motifs is 5. The molecule has 0 aromatic rings. The maximum atomic E-state index is 2.62. The molecule has 6 atom stereocenters. The van der Waals surface area contributed by atoms with Crippen LogP contribution in [0.5, 0.6) is 0 Å². The van der Waals surface area contributed by atoms with Gasteiger partial charge in [0.25, 0.3) is 0 Å². The van der Waals surface area contributed by atoms with Crippen molar-refractivity contribution < 1.29 is 0 Å². The SMILES string of the molecule is CCC1CC2C3CC(CI)C(C3)C2C1. The molecule has 0 nitrogen and oxygen atoms in total. The predicted molar refractivity (Wildman–Crippen MR) is 68.6 cm³/mol. The van der Waals surface area contributed by atoms with Crippen LogP contribution in [-0.4, -0.2) is 4.43 Å². The fourth-order valence-electron chi connectivity index (χ4n) is 4.84. The van der Waals surface area contributed by atoms with E-state index in [1.807, 2.05) is 0 Å². The lowest BCUT2D eigenvalue weighted by Crippen LogP contribution is -2.24. The third kappa shape index (κ3) is 1.30. The quantitative estimate of drug-likeness (QED) is 0.531. The minimum atomic E-state index is 1.10. The van der Waals surface area contributed by atoms with E-state index in [-0.39, 0.29) is 0 Å². The van der Waals surface area contributed by atoms with Gasteiger partial charge < -0.3 is 0 Å². The van der Waals surface area contributed by atoms with E-state index in [0.29, 0.717) is 0 Å². The molecule has 2 bridgehead atoms. The van der Waals surface area contributed by atoms with Gasteiger partial charge in [-0.05, 0) is 61.2 Å². The van der Waals surface area contributed by atoms with Gasteiger partial charge in [-0.15, -0.1) is 0 Å². The van der Waals surface area contributed by atoms with Gasteiger partial charge >= 0.3 is 0 Å². The molecule has 3 aliphatic rings. The van der Waals surface area contributed by atoms with Gasteiger partial charge in [-0.3, -0.25) is 0 Å². The lowest BCUT2D eigenvalue weighted by atomic mass is 9.76. The van der Waals surface area contributed by atoms with Crippen molar-refractivity contribution in [1.29, 1.82) is 0 Å². The van der Waals surface area contributed by atoms with Gasteiger partial charge in [-0.2, -0.15) is 0 Å². The molecular weight excluding hydrogens is 283 g/mol. The van der Waals surface area contributed by atoms with Crippen LogP contribution in [0.3, 0.4) is 0 Å². The maximum absolute atomic E-state index is 2.62. The molecule has 14 heavy (non-hydrogen) atoms. The summed E-state index contributed by atoms with van der Waals surface area (Å²) in [5.74, 6) is 6.85. The minimum absolute atomic E-state index is 1.10. The maximum Gasteiger partial charge on any atom is 0.00265 e. The Morgan fingerprint density at radius 3 is 2.50 bits per heavy atom. The highest BCUT2D eigenvalue weighted by Crippen LogP contribution is 2.62. The average molecular weight is 304 g/mol. The second-order valence-electron chi connectivity index (χ2n) is 5.88. The second-order valence-corrected chi connectivity index (χ2v) is 6.76. The van der Waals surface area contributed by atoms with Crippen LogP contribution in [0, 0.1) is 35.5 Å². The molecule has 0 amide bonds. The van der Waals surface area contributed by atoms with E-state index < -0.39 is 0 Å². The van der Waals surface area contributed by atoms with Gasteiger partial charge in [0.05, 0.1) is 0 Å². The Balaban J connectivity index is 1.75. The van der Waals surface area contributed by atoms with Crippen LogP contribution in [0.15, 0.2) is 0 Å². The summed E-state index contributed by atoms with van der Waals surface area (Å²) < 4.78 is 1.43. The fourth-order valence-corrected chi connectivity index (χ4v) is 5.85. The number of halogens is 1. The van der Waals surface area contributed by atoms with Gasteiger partial charge in [0.2, 0.25) is 0 Å². The molecule has 0 spiro atoms. The molecule has 0 aromatic heterocycles. The lowest BCUT2D eigenvalue weighted by molar-refractivity contribution is 0.206. The van der Waals surface area contributed by atoms with Gasteiger partial charge in [0.1, 0.15) is 0 Å². The van der Waals surface area contributed by atoms with Crippen molar-refractivity contribution in [3.63, 3.8) is 0 Å². The van der Waals surface area contributed by atoms with E-state index in [4.69, 9.17) is 0 Å². The molecule has 3 fully saturated rings. The largest absolute Gasteiger partial charge is 0.0861 e. The van der Waals surface area contributed by atoms with Crippen LogP contribution in [0.2, 0.25) is 0 Å². The molecule has 3 aliphatic carbocycles. The fraction of sp³-hybridized carbons (Fsp3) is 1.00. The summed E-state index contributed by atoms with van der Waals surface area (Å²) in [6.07, 6.45) is 7.83. The van der Waals surface area contributed by atoms with Gasteiger partial charge in [-0.25, -0.2) is 0 Å². The number of hydrogen-bond donors (Lipinski definition) is 0. The monoisotopic (exact) mass is 304 g/mol. The van der Waals surface area contributed by atoms with Crippen molar-refractivity contribution in [2.24, 2.45) is 35.5 Å². The first-order valence-electron chi connectivity index (χ1n) is 6.39. The predicted octanol–water partition coefficient (Wildman–Crippen LogP) is 4.13. The van der Waals surface area contributed by atoms with E-state index in [9.17, 15) is 0 Å². The first kappa shape index (κ1) is 9.92. The van der Waals surface area contributed by atoms with E-state index in [0.717, 1.165) is 23.7 Å². The Labute approximate surface area is 101 Å². The molecule has 80 valence electrons. The molecule has 0 N–H and O–H groups in total. The van der Waals surface area contributed by atoms with Crippen LogP contribution in [0.4, 0.5) is 0 Å². The summed E-state index contributed by atoms with van der Waals surface area (Å²) in [4.78, 5) is 0. The zero-order chi connectivity index (χ0) is 9.71. The Kier molecular flexibility index (Phi) is 2.58. The summed E-state index contributed by atoms with van der Waals surface area (Å²) in [5.41, 5.74) is 0. The highest BCUT2D eigenvalue weighted by Gasteiger charge is 2.54. The van der Waals surface area contributed by atoms with Crippen LogP contribution in [0.25, 0.3) is 0 Å². The average Bonchev–Trinajstić information content (AvgIpc) is 2.87. The lowest BCUT2D eigenvalue weighted by Gasteiger charge is -2.30. The Morgan fingerprint density at radius 1 is 1.00 bits per heavy atom. The normalized spacial score (nSPS) is 55.3. The summed E-state index contributed by atoms with van der Waals surface area (Å²) >= 11 is 2.62. The van der Waals surface area contributed by atoms with E-state index in [1.165, 1.54) is 22.7 Å². The molecular formula is C13H21I. The molecule has 0 aliphatic heterocycles. The van der Waals surface area contributed by atoms with Crippen LogP contribution in [0.1, 0.15) is 39.0 Å². The molecule has 1 heteroatoms. The van der Waals surface area contributed by atoms with Gasteiger partial charge in [-0.1, -0.05) is 35.9 Å². The van der Waals surface area contributed by atoms with Crippen molar-refractivity contribution in [2.75, 3.05) is 4.43 Å². The van der Waals surface area contributed by atoms with Crippen molar-refractivity contribution in [3.8, 4) is 0 Å². The topological polar surface area (TPSA) is 0 Å². The highest BCUT2D eigenvalue weighted by molar-refractivity contribution is 14.1.